The van der Waals surface area contributed by atoms with Gasteiger partial charge in [-0.15, -0.1) is 0 Å². The number of aromatic nitrogens is 2. The summed E-state index contributed by atoms with van der Waals surface area (Å²) in [6, 6.07) is 11.4. The molecule has 0 saturated heterocycles. The van der Waals surface area contributed by atoms with Crippen molar-refractivity contribution >= 4 is 28.4 Å². The zero-order chi connectivity index (χ0) is 18.8. The van der Waals surface area contributed by atoms with E-state index in [2.05, 4.69) is 4.98 Å². The number of aryl methyl sites for hydroxylation is 3. The van der Waals surface area contributed by atoms with Gasteiger partial charge in [0.25, 0.3) is 5.56 Å². The molecule has 0 N–H and O–H groups in total. The van der Waals surface area contributed by atoms with Crippen molar-refractivity contribution < 1.29 is 4.79 Å². The molecule has 0 bridgehead atoms. The highest BCUT2D eigenvalue weighted by Crippen LogP contribution is 2.22. The van der Waals surface area contributed by atoms with Gasteiger partial charge in [0, 0.05) is 12.1 Å². The maximum atomic E-state index is 12.8. The van der Waals surface area contributed by atoms with Gasteiger partial charge in [-0.05, 0) is 51.0 Å². The Labute approximate surface area is 157 Å². The predicted molar refractivity (Wildman–Crippen MR) is 107 cm³/mol. The number of para-hydroxylation sites is 1. The Balaban J connectivity index is 1.93. The number of rotatable bonds is 5. The summed E-state index contributed by atoms with van der Waals surface area (Å²) in [5.74, 6) is 0.324. The van der Waals surface area contributed by atoms with E-state index in [0.29, 0.717) is 22.6 Å². The Bertz CT molecular complexity index is 1030. The number of thioether (sulfide) groups is 1. The van der Waals surface area contributed by atoms with Gasteiger partial charge >= 0.3 is 0 Å². The number of ketones is 1. The lowest BCUT2D eigenvalue weighted by Crippen LogP contribution is -2.23. The van der Waals surface area contributed by atoms with E-state index in [1.807, 2.05) is 58.0 Å². The molecular weight excluding hydrogens is 344 g/mol. The first-order chi connectivity index (χ1) is 12.4. The number of benzene rings is 2. The number of Topliss-reactive ketones (excluding diaryl/α,β-unsaturated/α-hetero) is 1. The zero-order valence-corrected chi connectivity index (χ0v) is 16.3. The number of hydrogen-bond acceptors (Lipinski definition) is 4. The van der Waals surface area contributed by atoms with Gasteiger partial charge in [0.15, 0.2) is 10.9 Å². The standard InChI is InChI=1S/C21H22N2O2S/c1-5-23-20(25)16-8-6-7-9-17(16)22-21(23)26-12-18(24)19-14(3)10-13(2)11-15(19)4/h6-11H,5,12H2,1-4H3. The van der Waals surface area contributed by atoms with Crippen LogP contribution in [-0.4, -0.2) is 21.1 Å². The summed E-state index contributed by atoms with van der Waals surface area (Å²) in [7, 11) is 0. The van der Waals surface area contributed by atoms with Crippen LogP contribution < -0.4 is 5.56 Å². The van der Waals surface area contributed by atoms with Gasteiger partial charge in [0.1, 0.15) is 0 Å². The molecule has 3 aromatic rings. The molecule has 0 amide bonds. The SMILES string of the molecule is CCn1c(SCC(=O)c2c(C)cc(C)cc2C)nc2ccccc2c1=O. The monoisotopic (exact) mass is 366 g/mol. The molecule has 0 saturated carbocycles. The summed E-state index contributed by atoms with van der Waals surface area (Å²) >= 11 is 1.33. The Morgan fingerprint density at radius 2 is 1.77 bits per heavy atom. The Morgan fingerprint density at radius 1 is 1.12 bits per heavy atom. The molecule has 2 aromatic carbocycles. The summed E-state index contributed by atoms with van der Waals surface area (Å²) in [4.78, 5) is 30.1. The first-order valence-corrected chi connectivity index (χ1v) is 9.64. The van der Waals surface area contributed by atoms with Gasteiger partial charge in [-0.3, -0.25) is 14.2 Å². The number of carbonyl (C=O) groups is 1. The van der Waals surface area contributed by atoms with Gasteiger partial charge in [0.2, 0.25) is 0 Å². The molecule has 26 heavy (non-hydrogen) atoms. The van der Waals surface area contributed by atoms with E-state index in [0.717, 1.165) is 22.3 Å². The fourth-order valence-electron chi connectivity index (χ4n) is 3.36. The maximum Gasteiger partial charge on any atom is 0.262 e. The summed E-state index contributed by atoms with van der Waals surface area (Å²) < 4.78 is 1.63. The van der Waals surface area contributed by atoms with Crippen molar-refractivity contribution in [3.05, 3.63) is 69.0 Å². The molecule has 4 nitrogen and oxygen atoms in total. The average Bonchev–Trinajstić information content (AvgIpc) is 2.59. The number of nitrogens with zero attached hydrogens (tertiary/aromatic N) is 2. The summed E-state index contributed by atoms with van der Waals surface area (Å²) in [6.45, 7) is 8.40. The van der Waals surface area contributed by atoms with Gasteiger partial charge in [-0.25, -0.2) is 4.98 Å². The summed E-state index contributed by atoms with van der Waals surface area (Å²) in [6.07, 6.45) is 0. The van der Waals surface area contributed by atoms with E-state index >= 15 is 0 Å². The molecule has 1 aromatic heterocycles. The number of carbonyl (C=O) groups excluding carboxylic acids is 1. The highest BCUT2D eigenvalue weighted by molar-refractivity contribution is 7.99. The van der Waals surface area contributed by atoms with Gasteiger partial charge < -0.3 is 0 Å². The Morgan fingerprint density at radius 3 is 2.42 bits per heavy atom. The molecule has 5 heteroatoms. The smallest absolute Gasteiger partial charge is 0.262 e. The van der Waals surface area contributed by atoms with Crippen molar-refractivity contribution in [3.63, 3.8) is 0 Å². The molecule has 0 aliphatic carbocycles. The molecule has 134 valence electrons. The third-order valence-corrected chi connectivity index (χ3v) is 5.41. The molecule has 0 aliphatic heterocycles. The fourth-order valence-corrected chi connectivity index (χ4v) is 4.29. The first kappa shape index (κ1) is 18.4. The Hall–Kier alpha value is -2.40. The minimum absolute atomic E-state index is 0.0595. The van der Waals surface area contributed by atoms with Crippen LogP contribution in [0.3, 0.4) is 0 Å². The molecule has 3 rings (SSSR count). The van der Waals surface area contributed by atoms with Crippen LogP contribution in [0.2, 0.25) is 0 Å². The molecular formula is C21H22N2O2S. The fraction of sp³-hybridized carbons (Fsp3) is 0.286. The quantitative estimate of drug-likeness (QED) is 0.383. The van der Waals surface area contributed by atoms with Crippen LogP contribution in [0.4, 0.5) is 0 Å². The summed E-state index contributed by atoms with van der Waals surface area (Å²) in [5.41, 5.74) is 4.52. The Kier molecular flexibility index (Phi) is 5.28. The topological polar surface area (TPSA) is 52.0 Å². The largest absolute Gasteiger partial charge is 0.293 e. The zero-order valence-electron chi connectivity index (χ0n) is 15.5. The van der Waals surface area contributed by atoms with E-state index in [9.17, 15) is 9.59 Å². The molecule has 0 fully saturated rings. The van der Waals surface area contributed by atoms with Crippen molar-refractivity contribution in [1.29, 1.82) is 0 Å². The highest BCUT2D eigenvalue weighted by Gasteiger charge is 2.16. The van der Waals surface area contributed by atoms with E-state index in [4.69, 9.17) is 0 Å². The van der Waals surface area contributed by atoms with Crippen molar-refractivity contribution in [1.82, 2.24) is 9.55 Å². The van der Waals surface area contributed by atoms with Gasteiger partial charge in [-0.2, -0.15) is 0 Å². The molecule has 0 unspecified atom stereocenters. The van der Waals surface area contributed by atoms with E-state index in [1.54, 1.807) is 10.6 Å². The third kappa shape index (κ3) is 3.44. The van der Waals surface area contributed by atoms with Crippen molar-refractivity contribution in [2.75, 3.05) is 5.75 Å². The van der Waals surface area contributed by atoms with Crippen LogP contribution >= 0.6 is 11.8 Å². The van der Waals surface area contributed by atoms with Gasteiger partial charge in [0.05, 0.1) is 16.7 Å². The highest BCUT2D eigenvalue weighted by atomic mass is 32.2. The average molecular weight is 366 g/mol. The van der Waals surface area contributed by atoms with E-state index in [1.165, 1.54) is 11.8 Å². The van der Waals surface area contributed by atoms with Crippen LogP contribution in [0.1, 0.15) is 34.0 Å². The minimum Gasteiger partial charge on any atom is -0.293 e. The second-order valence-electron chi connectivity index (χ2n) is 6.45. The number of fused-ring (bicyclic) bond motifs is 1. The molecule has 0 radical (unpaired) electrons. The summed E-state index contributed by atoms with van der Waals surface area (Å²) in [5, 5.41) is 1.20. The van der Waals surface area contributed by atoms with Crippen LogP contribution in [0.25, 0.3) is 10.9 Å². The lowest BCUT2D eigenvalue weighted by Gasteiger charge is -2.12. The van der Waals surface area contributed by atoms with Crippen molar-refractivity contribution in [2.24, 2.45) is 0 Å². The second-order valence-corrected chi connectivity index (χ2v) is 7.39. The molecule has 0 spiro atoms. The van der Waals surface area contributed by atoms with Crippen LogP contribution in [-0.2, 0) is 6.54 Å². The van der Waals surface area contributed by atoms with Crippen molar-refractivity contribution in [3.8, 4) is 0 Å². The molecule has 1 heterocycles. The third-order valence-electron chi connectivity index (χ3n) is 4.43. The first-order valence-electron chi connectivity index (χ1n) is 8.65. The lowest BCUT2D eigenvalue weighted by molar-refractivity contribution is 0.102. The predicted octanol–water partition coefficient (Wildman–Crippen LogP) is 4.32. The van der Waals surface area contributed by atoms with E-state index in [-0.39, 0.29) is 17.1 Å². The maximum absolute atomic E-state index is 12.8. The van der Waals surface area contributed by atoms with Crippen LogP contribution in [0.5, 0.6) is 0 Å². The number of hydrogen-bond donors (Lipinski definition) is 0. The normalized spacial score (nSPS) is 11.1. The van der Waals surface area contributed by atoms with Crippen LogP contribution in [0.15, 0.2) is 46.3 Å². The minimum atomic E-state index is -0.0595. The van der Waals surface area contributed by atoms with Crippen molar-refractivity contribution in [2.45, 2.75) is 39.4 Å². The van der Waals surface area contributed by atoms with Crippen LogP contribution in [0, 0.1) is 20.8 Å². The second kappa shape index (κ2) is 7.46. The van der Waals surface area contributed by atoms with Gasteiger partial charge in [-0.1, -0.05) is 41.6 Å². The van der Waals surface area contributed by atoms with E-state index < -0.39 is 0 Å². The molecule has 0 aliphatic rings. The molecule has 0 atom stereocenters. The lowest BCUT2D eigenvalue weighted by atomic mass is 9.97.